The molecule has 128 valence electrons. The number of carbonyl (C=O) groups excluding carboxylic acids is 1. The molecular weight excluding hydrogens is 302 g/mol. The Bertz CT molecular complexity index is 672. The van der Waals surface area contributed by atoms with E-state index in [0.717, 1.165) is 23.1 Å². The molecule has 2 aromatic carbocycles. The predicted octanol–water partition coefficient (Wildman–Crippen LogP) is 2.81. The monoisotopic (exact) mass is 327 g/mol. The van der Waals surface area contributed by atoms with Gasteiger partial charge in [0.05, 0.1) is 12.2 Å². The van der Waals surface area contributed by atoms with Gasteiger partial charge in [-0.3, -0.25) is 4.79 Å². The average molecular weight is 327 g/mol. The first kappa shape index (κ1) is 18.2. The van der Waals surface area contributed by atoms with Crippen LogP contribution in [0.4, 0.5) is 0 Å². The molecule has 0 atom stereocenters. The van der Waals surface area contributed by atoms with Crippen LogP contribution in [0.3, 0.4) is 0 Å². The zero-order valence-corrected chi connectivity index (χ0v) is 14.2. The molecule has 24 heavy (non-hydrogen) atoms. The van der Waals surface area contributed by atoms with Crippen molar-refractivity contribution >= 4 is 5.91 Å². The van der Waals surface area contributed by atoms with E-state index < -0.39 is 5.60 Å². The van der Waals surface area contributed by atoms with Crippen LogP contribution in [0.15, 0.2) is 48.5 Å². The van der Waals surface area contributed by atoms with Crippen molar-refractivity contribution in [2.75, 3.05) is 0 Å². The Kier molecular flexibility index (Phi) is 6.12. The lowest BCUT2D eigenvalue weighted by molar-refractivity contribution is 0.0714. The summed E-state index contributed by atoms with van der Waals surface area (Å²) in [6, 6.07) is 15.0. The van der Waals surface area contributed by atoms with Crippen molar-refractivity contribution < 1.29 is 15.0 Å². The smallest absolute Gasteiger partial charge is 0.251 e. The number of hydrogen-bond acceptors (Lipinski definition) is 3. The molecule has 0 saturated heterocycles. The van der Waals surface area contributed by atoms with E-state index in [1.54, 1.807) is 19.9 Å². The molecule has 0 aliphatic rings. The quantitative estimate of drug-likeness (QED) is 0.732. The minimum Gasteiger partial charge on any atom is -0.392 e. The van der Waals surface area contributed by atoms with Crippen LogP contribution in [-0.4, -0.2) is 21.7 Å². The van der Waals surface area contributed by atoms with E-state index in [1.165, 1.54) is 0 Å². The van der Waals surface area contributed by atoms with Crippen LogP contribution in [0.25, 0.3) is 0 Å². The zero-order valence-electron chi connectivity index (χ0n) is 14.2. The Morgan fingerprint density at radius 2 is 1.71 bits per heavy atom. The normalized spacial score (nSPS) is 11.3. The summed E-state index contributed by atoms with van der Waals surface area (Å²) in [5.41, 5.74) is 2.79. The Morgan fingerprint density at radius 1 is 1.04 bits per heavy atom. The number of aliphatic hydroxyl groups is 2. The molecule has 4 heteroatoms. The number of hydrogen-bond donors (Lipinski definition) is 3. The van der Waals surface area contributed by atoms with Gasteiger partial charge in [-0.15, -0.1) is 0 Å². The summed E-state index contributed by atoms with van der Waals surface area (Å²) in [7, 11) is 0. The third-order valence-corrected chi connectivity index (χ3v) is 3.87. The maximum atomic E-state index is 12.3. The van der Waals surface area contributed by atoms with Crippen LogP contribution in [-0.2, 0) is 19.6 Å². The van der Waals surface area contributed by atoms with E-state index in [2.05, 4.69) is 5.32 Å². The molecule has 3 N–H and O–H groups in total. The zero-order chi connectivity index (χ0) is 17.6. The Labute approximate surface area is 143 Å². The molecule has 0 saturated carbocycles. The molecule has 0 spiro atoms. The highest BCUT2D eigenvalue weighted by molar-refractivity contribution is 5.94. The SMILES string of the molecule is CC(C)(O)CCc1cccc(C(=O)NCc2ccc(CO)cc2)c1. The highest BCUT2D eigenvalue weighted by atomic mass is 16.3. The molecule has 2 rings (SSSR count). The van der Waals surface area contributed by atoms with Gasteiger partial charge in [0.25, 0.3) is 5.91 Å². The predicted molar refractivity (Wildman–Crippen MR) is 94.6 cm³/mol. The van der Waals surface area contributed by atoms with Crippen LogP contribution in [0.5, 0.6) is 0 Å². The third-order valence-electron chi connectivity index (χ3n) is 3.87. The number of rotatable bonds is 7. The molecule has 4 nitrogen and oxygen atoms in total. The van der Waals surface area contributed by atoms with Gasteiger partial charge in [-0.05, 0) is 55.5 Å². The van der Waals surface area contributed by atoms with Crippen molar-refractivity contribution in [2.45, 2.75) is 45.4 Å². The van der Waals surface area contributed by atoms with Gasteiger partial charge in [0.2, 0.25) is 0 Å². The average Bonchev–Trinajstić information content (AvgIpc) is 2.58. The molecular formula is C20H25NO3. The molecule has 0 aromatic heterocycles. The summed E-state index contributed by atoms with van der Waals surface area (Å²) in [6.07, 6.45) is 1.38. The maximum Gasteiger partial charge on any atom is 0.251 e. The summed E-state index contributed by atoms with van der Waals surface area (Å²) >= 11 is 0. The topological polar surface area (TPSA) is 69.6 Å². The first-order valence-corrected chi connectivity index (χ1v) is 8.15. The van der Waals surface area contributed by atoms with E-state index in [4.69, 9.17) is 5.11 Å². The Hall–Kier alpha value is -2.17. The minimum atomic E-state index is -0.709. The van der Waals surface area contributed by atoms with Gasteiger partial charge in [0.1, 0.15) is 0 Å². The van der Waals surface area contributed by atoms with Crippen molar-refractivity contribution in [3.05, 3.63) is 70.8 Å². The molecule has 2 aromatic rings. The van der Waals surface area contributed by atoms with Gasteiger partial charge in [-0.1, -0.05) is 36.4 Å². The van der Waals surface area contributed by atoms with Gasteiger partial charge in [0.15, 0.2) is 0 Å². The largest absolute Gasteiger partial charge is 0.392 e. The second-order valence-corrected chi connectivity index (χ2v) is 6.67. The summed E-state index contributed by atoms with van der Waals surface area (Å²) in [5, 5.41) is 21.7. The lowest BCUT2D eigenvalue weighted by Crippen LogP contribution is -2.23. The van der Waals surface area contributed by atoms with Crippen LogP contribution < -0.4 is 5.32 Å². The number of aliphatic hydroxyl groups excluding tert-OH is 1. The van der Waals surface area contributed by atoms with Crippen LogP contribution in [0, 0.1) is 0 Å². The molecule has 0 fully saturated rings. The number of carbonyl (C=O) groups is 1. The Balaban J connectivity index is 1.94. The lowest BCUT2D eigenvalue weighted by atomic mass is 9.98. The maximum absolute atomic E-state index is 12.3. The first-order chi connectivity index (χ1) is 11.4. The number of nitrogens with one attached hydrogen (secondary N) is 1. The fraction of sp³-hybridized carbons (Fsp3) is 0.350. The molecule has 0 bridgehead atoms. The fourth-order valence-corrected chi connectivity index (χ4v) is 2.37. The minimum absolute atomic E-state index is 0.0179. The van der Waals surface area contributed by atoms with Gasteiger partial charge in [0, 0.05) is 12.1 Å². The standard InChI is InChI=1S/C20H25NO3/c1-20(2,24)11-10-15-4-3-5-18(12-15)19(23)21-13-16-6-8-17(14-22)9-7-16/h3-9,12,22,24H,10-11,13-14H2,1-2H3,(H,21,23). The number of amides is 1. The highest BCUT2D eigenvalue weighted by Crippen LogP contribution is 2.14. The van der Waals surface area contributed by atoms with Gasteiger partial charge < -0.3 is 15.5 Å². The number of aryl methyl sites for hydroxylation is 1. The second-order valence-electron chi connectivity index (χ2n) is 6.67. The van der Waals surface area contributed by atoms with Crippen molar-refractivity contribution in [1.29, 1.82) is 0 Å². The highest BCUT2D eigenvalue weighted by Gasteiger charge is 2.13. The van der Waals surface area contributed by atoms with Crippen LogP contribution in [0.2, 0.25) is 0 Å². The number of benzene rings is 2. The molecule has 0 heterocycles. The second kappa shape index (κ2) is 8.08. The summed E-state index contributed by atoms with van der Waals surface area (Å²) < 4.78 is 0. The van der Waals surface area contributed by atoms with Crippen molar-refractivity contribution in [1.82, 2.24) is 5.32 Å². The van der Waals surface area contributed by atoms with E-state index in [9.17, 15) is 9.90 Å². The van der Waals surface area contributed by atoms with Crippen LogP contribution in [0.1, 0.15) is 47.3 Å². The summed E-state index contributed by atoms with van der Waals surface area (Å²) in [4.78, 5) is 12.3. The fourth-order valence-electron chi connectivity index (χ4n) is 2.37. The van der Waals surface area contributed by atoms with Crippen molar-refractivity contribution in [3.63, 3.8) is 0 Å². The van der Waals surface area contributed by atoms with Crippen molar-refractivity contribution in [2.24, 2.45) is 0 Å². The first-order valence-electron chi connectivity index (χ1n) is 8.15. The van der Waals surface area contributed by atoms with Gasteiger partial charge >= 0.3 is 0 Å². The molecule has 1 amide bonds. The van der Waals surface area contributed by atoms with E-state index in [1.807, 2.05) is 42.5 Å². The Morgan fingerprint density at radius 3 is 2.33 bits per heavy atom. The lowest BCUT2D eigenvalue weighted by Gasteiger charge is -2.16. The van der Waals surface area contributed by atoms with E-state index in [0.29, 0.717) is 18.5 Å². The third kappa shape index (κ3) is 5.80. The molecule has 0 unspecified atom stereocenters. The van der Waals surface area contributed by atoms with Crippen molar-refractivity contribution in [3.8, 4) is 0 Å². The summed E-state index contributed by atoms with van der Waals surface area (Å²) in [6.45, 7) is 4.03. The van der Waals surface area contributed by atoms with E-state index in [-0.39, 0.29) is 12.5 Å². The molecule has 0 aliphatic heterocycles. The summed E-state index contributed by atoms with van der Waals surface area (Å²) in [5.74, 6) is -0.119. The van der Waals surface area contributed by atoms with Crippen LogP contribution >= 0.6 is 0 Å². The molecule has 0 aliphatic carbocycles. The van der Waals surface area contributed by atoms with Gasteiger partial charge in [-0.25, -0.2) is 0 Å². The van der Waals surface area contributed by atoms with Gasteiger partial charge in [-0.2, -0.15) is 0 Å². The molecule has 0 radical (unpaired) electrons. The van der Waals surface area contributed by atoms with E-state index >= 15 is 0 Å².